The number of benzene rings is 1. The van der Waals surface area contributed by atoms with Gasteiger partial charge in [-0.05, 0) is 29.8 Å². The summed E-state index contributed by atoms with van der Waals surface area (Å²) in [5.41, 5.74) is 3.05. The zero-order valence-electron chi connectivity index (χ0n) is 17.4. The summed E-state index contributed by atoms with van der Waals surface area (Å²) >= 11 is 0. The van der Waals surface area contributed by atoms with E-state index in [1.165, 1.54) is 7.11 Å². The lowest BCUT2D eigenvalue weighted by atomic mass is 10.2. The molecule has 0 saturated heterocycles. The van der Waals surface area contributed by atoms with Gasteiger partial charge in [0, 0.05) is 32.6 Å². The molecule has 0 aliphatic rings. The first-order valence-electron chi connectivity index (χ1n) is 9.94. The van der Waals surface area contributed by atoms with E-state index in [4.69, 9.17) is 4.74 Å². The molecule has 30 heavy (non-hydrogen) atoms. The second-order valence-corrected chi connectivity index (χ2v) is 9.08. The van der Waals surface area contributed by atoms with Gasteiger partial charge in [-0.3, -0.25) is 9.88 Å². The summed E-state index contributed by atoms with van der Waals surface area (Å²) in [6.07, 6.45) is 5.24. The average Bonchev–Trinajstić information content (AvgIpc) is 3.16. The first kappa shape index (κ1) is 22.1. The molecule has 0 fully saturated rings. The highest BCUT2D eigenvalue weighted by Crippen LogP contribution is 2.18. The van der Waals surface area contributed by atoms with Crippen LogP contribution in [0.1, 0.15) is 23.7 Å². The Kier molecular flexibility index (Phi) is 7.73. The molecule has 0 amide bonds. The van der Waals surface area contributed by atoms with Crippen molar-refractivity contribution in [1.29, 1.82) is 0 Å². The number of sulfone groups is 1. The molecule has 3 rings (SSSR count). The molecule has 8 heteroatoms. The Morgan fingerprint density at radius 3 is 2.43 bits per heavy atom. The maximum absolute atomic E-state index is 12.9. The van der Waals surface area contributed by atoms with Crippen molar-refractivity contribution in [3.8, 4) is 0 Å². The molecule has 0 radical (unpaired) electrons. The zero-order chi connectivity index (χ0) is 21.4. The number of hydrogen-bond acceptors (Lipinski definition) is 6. The summed E-state index contributed by atoms with van der Waals surface area (Å²) < 4.78 is 32.6. The summed E-state index contributed by atoms with van der Waals surface area (Å²) in [6, 6.07) is 13.8. The standard InChI is InChI=1S/C22H28N4O3S/c1-3-25(16-20-9-11-23-12-10-20)18-21-15-24-22(30(27,28)14-13-29-2)26(21)17-19-7-5-4-6-8-19/h4-12,15H,3,13-14,16-18H2,1-2H3. The molecule has 0 N–H and O–H groups in total. The maximum Gasteiger partial charge on any atom is 0.228 e. The largest absolute Gasteiger partial charge is 0.384 e. The monoisotopic (exact) mass is 428 g/mol. The summed E-state index contributed by atoms with van der Waals surface area (Å²) in [5, 5.41) is 0.0957. The van der Waals surface area contributed by atoms with Crippen LogP contribution in [0.15, 0.2) is 66.2 Å². The Balaban J connectivity index is 1.90. The molecule has 0 aliphatic heterocycles. The van der Waals surface area contributed by atoms with E-state index in [1.54, 1.807) is 18.6 Å². The first-order valence-corrected chi connectivity index (χ1v) is 11.6. The zero-order valence-corrected chi connectivity index (χ0v) is 18.3. The summed E-state index contributed by atoms with van der Waals surface area (Å²) in [7, 11) is -2.06. The second kappa shape index (κ2) is 10.5. The Hall–Kier alpha value is -2.55. The fraction of sp³-hybridized carbons (Fsp3) is 0.364. The van der Waals surface area contributed by atoms with Gasteiger partial charge in [0.1, 0.15) is 0 Å². The number of imidazole rings is 1. The number of methoxy groups -OCH3 is 1. The van der Waals surface area contributed by atoms with Crippen LogP contribution in [0.3, 0.4) is 0 Å². The van der Waals surface area contributed by atoms with Crippen LogP contribution in [0.4, 0.5) is 0 Å². The molecular weight excluding hydrogens is 400 g/mol. The molecule has 0 spiro atoms. The minimum Gasteiger partial charge on any atom is -0.384 e. The molecule has 3 aromatic rings. The van der Waals surface area contributed by atoms with Crippen LogP contribution < -0.4 is 0 Å². The van der Waals surface area contributed by atoms with E-state index in [9.17, 15) is 8.42 Å². The first-order chi connectivity index (χ1) is 14.5. The number of hydrogen-bond donors (Lipinski definition) is 0. The number of rotatable bonds is 11. The highest BCUT2D eigenvalue weighted by atomic mass is 32.2. The molecule has 2 heterocycles. The van der Waals surface area contributed by atoms with Gasteiger partial charge in [0.25, 0.3) is 0 Å². The van der Waals surface area contributed by atoms with Gasteiger partial charge < -0.3 is 9.30 Å². The van der Waals surface area contributed by atoms with E-state index in [0.717, 1.165) is 29.9 Å². The Labute approximate surface area is 178 Å². The Morgan fingerprint density at radius 2 is 1.77 bits per heavy atom. The fourth-order valence-corrected chi connectivity index (χ4v) is 4.54. The van der Waals surface area contributed by atoms with Crippen LogP contribution in [0, 0.1) is 0 Å². The normalized spacial score (nSPS) is 11.8. The van der Waals surface area contributed by atoms with Gasteiger partial charge in [0.2, 0.25) is 15.0 Å². The van der Waals surface area contributed by atoms with Gasteiger partial charge >= 0.3 is 0 Å². The molecule has 0 bridgehead atoms. The average molecular weight is 429 g/mol. The van der Waals surface area contributed by atoms with Crippen LogP contribution in [0.25, 0.3) is 0 Å². The second-order valence-electron chi connectivity index (χ2n) is 7.07. The van der Waals surface area contributed by atoms with E-state index in [-0.39, 0.29) is 17.5 Å². The third-order valence-corrected chi connectivity index (χ3v) is 6.49. The fourth-order valence-electron chi connectivity index (χ4n) is 3.24. The quantitative estimate of drug-likeness (QED) is 0.467. The van der Waals surface area contributed by atoms with Crippen molar-refractivity contribution in [2.75, 3.05) is 26.0 Å². The smallest absolute Gasteiger partial charge is 0.228 e. The van der Waals surface area contributed by atoms with Gasteiger partial charge in [-0.15, -0.1) is 0 Å². The Morgan fingerprint density at radius 1 is 1.03 bits per heavy atom. The van der Waals surface area contributed by atoms with E-state index in [1.807, 2.05) is 47.0 Å². The van der Waals surface area contributed by atoms with Crippen molar-refractivity contribution in [2.45, 2.75) is 31.7 Å². The van der Waals surface area contributed by atoms with Crippen LogP contribution in [-0.2, 0) is 34.2 Å². The van der Waals surface area contributed by atoms with Crippen molar-refractivity contribution in [3.63, 3.8) is 0 Å². The third-order valence-electron chi connectivity index (χ3n) is 4.91. The van der Waals surface area contributed by atoms with E-state index < -0.39 is 9.84 Å². The summed E-state index contributed by atoms with van der Waals surface area (Å²) in [5.74, 6) is -0.0940. The summed E-state index contributed by atoms with van der Waals surface area (Å²) in [6.45, 7) is 4.85. The van der Waals surface area contributed by atoms with Crippen LogP contribution >= 0.6 is 0 Å². The Bertz CT molecular complexity index is 1020. The van der Waals surface area contributed by atoms with Crippen LogP contribution in [0.2, 0.25) is 0 Å². The van der Waals surface area contributed by atoms with Crippen molar-refractivity contribution >= 4 is 9.84 Å². The van der Waals surface area contributed by atoms with E-state index >= 15 is 0 Å². The molecule has 0 saturated carbocycles. The van der Waals surface area contributed by atoms with Gasteiger partial charge in [-0.2, -0.15) is 0 Å². The molecule has 7 nitrogen and oxygen atoms in total. The van der Waals surface area contributed by atoms with Gasteiger partial charge in [-0.1, -0.05) is 37.3 Å². The van der Waals surface area contributed by atoms with Crippen LogP contribution in [-0.4, -0.2) is 53.9 Å². The lowest BCUT2D eigenvalue weighted by Gasteiger charge is -2.22. The van der Waals surface area contributed by atoms with E-state index in [0.29, 0.717) is 13.1 Å². The topological polar surface area (TPSA) is 77.3 Å². The molecule has 0 atom stereocenters. The molecular formula is C22H28N4O3S. The van der Waals surface area contributed by atoms with Crippen molar-refractivity contribution in [3.05, 3.63) is 77.9 Å². The number of pyridine rings is 1. The van der Waals surface area contributed by atoms with Crippen molar-refractivity contribution < 1.29 is 13.2 Å². The maximum atomic E-state index is 12.9. The van der Waals surface area contributed by atoms with Gasteiger partial charge in [0.15, 0.2) is 0 Å². The molecule has 160 valence electrons. The molecule has 0 aliphatic carbocycles. The molecule has 2 aromatic heterocycles. The number of ether oxygens (including phenoxy) is 1. The third kappa shape index (κ3) is 5.75. The van der Waals surface area contributed by atoms with Crippen molar-refractivity contribution in [1.82, 2.24) is 19.4 Å². The highest BCUT2D eigenvalue weighted by molar-refractivity contribution is 7.91. The number of nitrogens with zero attached hydrogens (tertiary/aromatic N) is 4. The molecule has 1 aromatic carbocycles. The minimum atomic E-state index is -3.55. The lowest BCUT2D eigenvalue weighted by Crippen LogP contribution is -2.25. The SMILES string of the molecule is CCN(Cc1ccncc1)Cc1cnc(S(=O)(=O)CCOC)n1Cc1ccccc1. The lowest BCUT2D eigenvalue weighted by molar-refractivity contribution is 0.217. The van der Waals surface area contributed by atoms with Crippen LogP contribution in [0.5, 0.6) is 0 Å². The summed E-state index contributed by atoms with van der Waals surface area (Å²) in [4.78, 5) is 10.6. The number of aromatic nitrogens is 3. The molecule has 0 unspecified atom stereocenters. The van der Waals surface area contributed by atoms with Gasteiger partial charge in [0.05, 0.1) is 30.8 Å². The highest BCUT2D eigenvalue weighted by Gasteiger charge is 2.24. The predicted octanol–water partition coefficient (Wildman–Crippen LogP) is 2.77. The van der Waals surface area contributed by atoms with Gasteiger partial charge in [-0.25, -0.2) is 13.4 Å². The minimum absolute atomic E-state index is 0.0940. The van der Waals surface area contributed by atoms with E-state index in [2.05, 4.69) is 21.8 Å². The van der Waals surface area contributed by atoms with Crippen molar-refractivity contribution in [2.24, 2.45) is 0 Å². The predicted molar refractivity (Wildman–Crippen MR) is 116 cm³/mol.